The third-order valence-corrected chi connectivity index (χ3v) is 5.46. The molecule has 0 aliphatic heterocycles. The van der Waals surface area contributed by atoms with Gasteiger partial charge in [0, 0.05) is 32.9 Å². The summed E-state index contributed by atoms with van der Waals surface area (Å²) in [6.07, 6.45) is 1.87. The van der Waals surface area contributed by atoms with Crippen LogP contribution in [0.5, 0.6) is 0 Å². The van der Waals surface area contributed by atoms with Crippen LogP contribution in [0.4, 0.5) is 0 Å². The van der Waals surface area contributed by atoms with Gasteiger partial charge in [0.25, 0.3) is 0 Å². The standard InChI is InChI=1S/C24H22N2O.ClH/c1-2-21-17(12-13-25)20-14-15(10-11-22(20)26-21)16-7-5-8-19-18-6-3-4-9-23(18)27-24(16)19;/h3-11,14,26H,2,12-13,25H2,1H3;1H. The minimum absolute atomic E-state index is 0. The number of para-hydroxylation sites is 2. The van der Waals surface area contributed by atoms with Crippen molar-refractivity contribution in [2.75, 3.05) is 6.54 Å². The van der Waals surface area contributed by atoms with Gasteiger partial charge in [-0.1, -0.05) is 49.4 Å². The van der Waals surface area contributed by atoms with E-state index in [1.165, 1.54) is 27.7 Å². The number of nitrogens with one attached hydrogen (secondary N) is 1. The number of rotatable bonds is 4. The fraction of sp³-hybridized carbons (Fsp3) is 0.167. The molecule has 0 amide bonds. The van der Waals surface area contributed by atoms with Gasteiger partial charge in [-0.25, -0.2) is 0 Å². The summed E-state index contributed by atoms with van der Waals surface area (Å²) in [5, 5.41) is 3.59. The van der Waals surface area contributed by atoms with E-state index < -0.39 is 0 Å². The quantitative estimate of drug-likeness (QED) is 0.382. The lowest BCUT2D eigenvalue weighted by Crippen LogP contribution is -2.04. The summed E-state index contributed by atoms with van der Waals surface area (Å²) in [6, 6.07) is 21.2. The van der Waals surface area contributed by atoms with Crippen LogP contribution in [-0.4, -0.2) is 11.5 Å². The summed E-state index contributed by atoms with van der Waals surface area (Å²) in [7, 11) is 0. The second-order valence-corrected chi connectivity index (χ2v) is 7.02. The summed E-state index contributed by atoms with van der Waals surface area (Å²) in [4.78, 5) is 3.56. The van der Waals surface area contributed by atoms with Crippen LogP contribution in [0, 0.1) is 0 Å². The van der Waals surface area contributed by atoms with Crippen molar-refractivity contribution in [1.29, 1.82) is 0 Å². The minimum atomic E-state index is 0. The lowest BCUT2D eigenvalue weighted by molar-refractivity contribution is 0.670. The summed E-state index contributed by atoms with van der Waals surface area (Å²) in [5.41, 5.74) is 13.9. The number of halogens is 1. The zero-order chi connectivity index (χ0) is 18.4. The number of aromatic amines is 1. The molecule has 5 rings (SSSR count). The van der Waals surface area contributed by atoms with Crippen LogP contribution in [-0.2, 0) is 12.8 Å². The largest absolute Gasteiger partial charge is 0.455 e. The molecule has 0 fully saturated rings. The fourth-order valence-electron chi connectivity index (χ4n) is 4.18. The smallest absolute Gasteiger partial charge is 0.143 e. The molecular formula is C24H23ClN2O. The first kappa shape index (κ1) is 18.6. The highest BCUT2D eigenvalue weighted by molar-refractivity contribution is 6.10. The molecule has 142 valence electrons. The monoisotopic (exact) mass is 390 g/mol. The lowest BCUT2D eigenvalue weighted by Gasteiger charge is -2.05. The van der Waals surface area contributed by atoms with E-state index in [-0.39, 0.29) is 12.4 Å². The van der Waals surface area contributed by atoms with Crippen molar-refractivity contribution in [3.05, 3.63) is 71.9 Å². The Bertz CT molecular complexity index is 1280. The maximum absolute atomic E-state index is 6.23. The van der Waals surface area contributed by atoms with Crippen molar-refractivity contribution in [2.45, 2.75) is 19.8 Å². The van der Waals surface area contributed by atoms with Gasteiger partial charge >= 0.3 is 0 Å². The summed E-state index contributed by atoms with van der Waals surface area (Å²) >= 11 is 0. The van der Waals surface area contributed by atoms with Crippen LogP contribution in [0.1, 0.15) is 18.2 Å². The summed E-state index contributed by atoms with van der Waals surface area (Å²) in [6.45, 7) is 2.84. The van der Waals surface area contributed by atoms with Gasteiger partial charge in [-0.15, -0.1) is 12.4 Å². The Balaban J connectivity index is 0.00000192. The Morgan fingerprint density at radius 2 is 1.75 bits per heavy atom. The van der Waals surface area contributed by atoms with E-state index in [4.69, 9.17) is 10.2 Å². The molecule has 0 saturated carbocycles. The predicted molar refractivity (Wildman–Crippen MR) is 120 cm³/mol. The number of furan rings is 1. The zero-order valence-corrected chi connectivity index (χ0v) is 16.6. The fourth-order valence-corrected chi connectivity index (χ4v) is 4.18. The van der Waals surface area contributed by atoms with E-state index >= 15 is 0 Å². The first-order valence-electron chi connectivity index (χ1n) is 9.54. The molecule has 3 nitrogen and oxygen atoms in total. The average Bonchev–Trinajstić information content (AvgIpc) is 3.26. The molecule has 3 N–H and O–H groups in total. The summed E-state index contributed by atoms with van der Waals surface area (Å²) < 4.78 is 6.23. The first-order valence-corrected chi connectivity index (χ1v) is 9.54. The second-order valence-electron chi connectivity index (χ2n) is 7.02. The Morgan fingerprint density at radius 1 is 0.929 bits per heavy atom. The highest BCUT2D eigenvalue weighted by Gasteiger charge is 2.14. The van der Waals surface area contributed by atoms with Crippen LogP contribution in [0.3, 0.4) is 0 Å². The third kappa shape index (κ3) is 2.79. The van der Waals surface area contributed by atoms with Crippen molar-refractivity contribution in [1.82, 2.24) is 4.98 Å². The number of aromatic nitrogens is 1. The van der Waals surface area contributed by atoms with Crippen LogP contribution in [0.25, 0.3) is 44.0 Å². The van der Waals surface area contributed by atoms with Crippen molar-refractivity contribution >= 4 is 45.2 Å². The van der Waals surface area contributed by atoms with Gasteiger partial charge < -0.3 is 15.1 Å². The van der Waals surface area contributed by atoms with E-state index in [2.05, 4.69) is 60.4 Å². The Labute approximate surface area is 169 Å². The number of hydrogen-bond donors (Lipinski definition) is 2. The molecular weight excluding hydrogens is 368 g/mol. The molecule has 4 heteroatoms. The molecule has 3 aromatic carbocycles. The molecule has 0 saturated heterocycles. The van der Waals surface area contributed by atoms with Gasteiger partial charge in [0.2, 0.25) is 0 Å². The normalized spacial score (nSPS) is 11.4. The predicted octanol–water partition coefficient (Wildman–Crippen LogP) is 6.22. The molecule has 5 aromatic rings. The molecule has 0 atom stereocenters. The topological polar surface area (TPSA) is 55.0 Å². The summed E-state index contributed by atoms with van der Waals surface area (Å²) in [5.74, 6) is 0. The van der Waals surface area contributed by atoms with Crippen LogP contribution in [0.15, 0.2) is 65.1 Å². The van der Waals surface area contributed by atoms with Gasteiger partial charge in [-0.2, -0.15) is 0 Å². The maximum Gasteiger partial charge on any atom is 0.143 e. The molecule has 0 aliphatic rings. The van der Waals surface area contributed by atoms with Crippen LogP contribution < -0.4 is 5.73 Å². The number of fused-ring (bicyclic) bond motifs is 4. The molecule has 2 aromatic heterocycles. The Morgan fingerprint density at radius 3 is 2.57 bits per heavy atom. The SMILES string of the molecule is CCc1[nH]c2ccc(-c3cccc4c3oc3ccccc34)cc2c1CCN.Cl. The van der Waals surface area contributed by atoms with E-state index in [1.807, 2.05) is 12.1 Å². The maximum atomic E-state index is 6.23. The number of hydrogen-bond acceptors (Lipinski definition) is 2. The molecule has 0 spiro atoms. The van der Waals surface area contributed by atoms with Gasteiger partial charge in [-0.3, -0.25) is 0 Å². The van der Waals surface area contributed by atoms with Crippen molar-refractivity contribution in [3.8, 4) is 11.1 Å². The van der Waals surface area contributed by atoms with E-state index in [9.17, 15) is 0 Å². The van der Waals surface area contributed by atoms with E-state index in [1.54, 1.807) is 0 Å². The van der Waals surface area contributed by atoms with Crippen molar-refractivity contribution in [3.63, 3.8) is 0 Å². The highest BCUT2D eigenvalue weighted by atomic mass is 35.5. The van der Waals surface area contributed by atoms with Crippen LogP contribution in [0.2, 0.25) is 0 Å². The lowest BCUT2D eigenvalue weighted by atomic mass is 9.99. The second kappa shape index (κ2) is 7.34. The number of benzene rings is 3. The van der Waals surface area contributed by atoms with Crippen molar-refractivity contribution in [2.24, 2.45) is 5.73 Å². The zero-order valence-electron chi connectivity index (χ0n) is 15.8. The Kier molecular flexibility index (Phi) is 4.88. The van der Waals surface area contributed by atoms with Gasteiger partial charge in [-0.05, 0) is 48.7 Å². The molecule has 0 aliphatic carbocycles. The molecule has 0 bridgehead atoms. The highest BCUT2D eigenvalue weighted by Crippen LogP contribution is 2.37. The number of H-pyrrole nitrogens is 1. The van der Waals surface area contributed by atoms with Gasteiger partial charge in [0.15, 0.2) is 0 Å². The van der Waals surface area contributed by atoms with Gasteiger partial charge in [0.1, 0.15) is 11.2 Å². The van der Waals surface area contributed by atoms with Crippen molar-refractivity contribution < 1.29 is 4.42 Å². The van der Waals surface area contributed by atoms with E-state index in [0.717, 1.165) is 40.3 Å². The molecule has 28 heavy (non-hydrogen) atoms. The molecule has 0 radical (unpaired) electrons. The Hall–Kier alpha value is -2.75. The van der Waals surface area contributed by atoms with Gasteiger partial charge in [0.05, 0.1) is 0 Å². The number of aryl methyl sites for hydroxylation is 1. The molecule has 0 unspecified atom stereocenters. The van der Waals surface area contributed by atoms with E-state index in [0.29, 0.717) is 6.54 Å². The minimum Gasteiger partial charge on any atom is -0.455 e. The number of nitrogens with two attached hydrogens (primary N) is 1. The molecule has 2 heterocycles. The third-order valence-electron chi connectivity index (χ3n) is 5.46. The average molecular weight is 391 g/mol. The first-order chi connectivity index (χ1) is 13.3. The van der Waals surface area contributed by atoms with Crippen LogP contribution >= 0.6 is 12.4 Å².